The monoisotopic (exact) mass is 446 g/mol. The van der Waals surface area contributed by atoms with E-state index in [1.165, 1.54) is 27.9 Å². The topological polar surface area (TPSA) is 114 Å². The number of nitrogens with zero attached hydrogens (tertiary/aromatic N) is 2. The van der Waals surface area contributed by atoms with E-state index in [-0.39, 0.29) is 11.7 Å². The largest absolute Gasteiger partial charge is 0.381 e. The maximum absolute atomic E-state index is 13.2. The molecule has 1 aromatic heterocycles. The van der Waals surface area contributed by atoms with Crippen molar-refractivity contribution in [2.75, 3.05) is 22.8 Å². The lowest BCUT2D eigenvalue weighted by Gasteiger charge is -2.33. The molecule has 2 amide bonds. The SMILES string of the molecule is O=C(Nc1c2c(cc3c1CCC3)CCC2)NS(=O)(=O)N(c1cnoc1)C1CCOCC1. The van der Waals surface area contributed by atoms with Gasteiger partial charge in [0.1, 0.15) is 12.0 Å². The number of hydrogen-bond donors (Lipinski definition) is 2. The Morgan fingerprint density at radius 2 is 1.74 bits per heavy atom. The number of urea groups is 1. The first-order valence-electron chi connectivity index (χ1n) is 10.8. The van der Waals surface area contributed by atoms with Gasteiger partial charge >= 0.3 is 16.2 Å². The summed E-state index contributed by atoms with van der Waals surface area (Å²) in [6.45, 7) is 0.910. The van der Waals surface area contributed by atoms with Crippen LogP contribution in [0.25, 0.3) is 0 Å². The van der Waals surface area contributed by atoms with Crippen molar-refractivity contribution in [1.82, 2.24) is 9.88 Å². The van der Waals surface area contributed by atoms with Crippen molar-refractivity contribution in [1.29, 1.82) is 0 Å². The first-order chi connectivity index (χ1) is 15.0. The zero-order valence-electron chi connectivity index (χ0n) is 17.2. The highest BCUT2D eigenvalue weighted by Crippen LogP contribution is 2.38. The summed E-state index contributed by atoms with van der Waals surface area (Å²) in [4.78, 5) is 12.9. The van der Waals surface area contributed by atoms with Gasteiger partial charge in [0, 0.05) is 18.9 Å². The molecule has 9 nitrogen and oxygen atoms in total. The zero-order valence-corrected chi connectivity index (χ0v) is 18.0. The Morgan fingerprint density at radius 3 is 2.35 bits per heavy atom. The fourth-order valence-corrected chi connectivity index (χ4v) is 6.40. The van der Waals surface area contributed by atoms with E-state index < -0.39 is 16.2 Å². The van der Waals surface area contributed by atoms with Crippen molar-refractivity contribution in [2.24, 2.45) is 0 Å². The van der Waals surface area contributed by atoms with Gasteiger partial charge in [-0.15, -0.1) is 0 Å². The van der Waals surface area contributed by atoms with Crippen LogP contribution in [0, 0.1) is 0 Å². The Morgan fingerprint density at radius 1 is 1.06 bits per heavy atom. The normalized spacial score (nSPS) is 18.5. The maximum atomic E-state index is 13.2. The van der Waals surface area contributed by atoms with E-state index in [4.69, 9.17) is 9.26 Å². The third-order valence-corrected chi connectivity index (χ3v) is 7.86. The quantitative estimate of drug-likeness (QED) is 0.730. The van der Waals surface area contributed by atoms with Gasteiger partial charge in [-0.2, -0.15) is 8.42 Å². The lowest BCUT2D eigenvalue weighted by atomic mass is 9.99. The molecule has 2 aliphatic carbocycles. The van der Waals surface area contributed by atoms with E-state index in [0.29, 0.717) is 26.1 Å². The molecule has 0 radical (unpaired) electrons. The van der Waals surface area contributed by atoms with Gasteiger partial charge in [0.25, 0.3) is 0 Å². The first kappa shape index (κ1) is 20.3. The Labute approximate surface area is 181 Å². The number of carbonyl (C=O) groups is 1. The van der Waals surface area contributed by atoms with E-state index >= 15 is 0 Å². The molecule has 1 aliphatic heterocycles. The average Bonchev–Trinajstić information content (AvgIpc) is 3.50. The number of anilines is 2. The summed E-state index contributed by atoms with van der Waals surface area (Å²) < 4.78 is 40.1. The molecule has 0 atom stereocenters. The summed E-state index contributed by atoms with van der Waals surface area (Å²) in [5.41, 5.74) is 5.92. The first-order valence-corrected chi connectivity index (χ1v) is 12.2. The smallest absolute Gasteiger partial charge is 0.334 e. The van der Waals surface area contributed by atoms with Crippen LogP contribution in [0.5, 0.6) is 0 Å². The summed E-state index contributed by atoms with van der Waals surface area (Å²) >= 11 is 0. The van der Waals surface area contributed by atoms with Crippen molar-refractivity contribution < 1.29 is 22.5 Å². The third-order valence-electron chi connectivity index (χ3n) is 6.39. The minimum Gasteiger partial charge on any atom is -0.381 e. The van der Waals surface area contributed by atoms with Gasteiger partial charge in [0.2, 0.25) is 0 Å². The highest BCUT2D eigenvalue weighted by atomic mass is 32.2. The fraction of sp³-hybridized carbons (Fsp3) is 0.524. The van der Waals surface area contributed by atoms with E-state index in [1.807, 2.05) is 0 Å². The third kappa shape index (κ3) is 3.89. The second kappa shape index (κ2) is 8.16. The molecule has 5 rings (SSSR count). The average molecular weight is 447 g/mol. The minimum atomic E-state index is -4.18. The molecular formula is C21H26N4O5S. The van der Waals surface area contributed by atoms with Crippen molar-refractivity contribution in [3.63, 3.8) is 0 Å². The van der Waals surface area contributed by atoms with Gasteiger partial charge in [0.05, 0.1) is 12.2 Å². The molecule has 1 aromatic carbocycles. The zero-order chi connectivity index (χ0) is 21.4. The second-order valence-corrected chi connectivity index (χ2v) is 9.86. The van der Waals surface area contributed by atoms with E-state index in [9.17, 15) is 13.2 Å². The lowest BCUT2D eigenvalue weighted by molar-refractivity contribution is 0.0875. The standard InChI is InChI=1S/C21H26N4O5S/c26-21(23-20-18-5-1-3-14(18)11-15-4-2-6-19(15)20)24-31(27,28)25(17-12-22-30-13-17)16-7-9-29-10-8-16/h11-13,16H,1-10H2,(H2,23,24,26). The molecule has 2 N–H and O–H groups in total. The number of hydrogen-bond acceptors (Lipinski definition) is 6. The van der Waals surface area contributed by atoms with E-state index in [2.05, 4.69) is 21.3 Å². The molecule has 2 heterocycles. The number of benzene rings is 1. The lowest BCUT2D eigenvalue weighted by Crippen LogP contribution is -2.51. The van der Waals surface area contributed by atoms with Crippen LogP contribution in [-0.4, -0.2) is 38.9 Å². The molecule has 10 heteroatoms. The van der Waals surface area contributed by atoms with E-state index in [0.717, 1.165) is 55.3 Å². The molecule has 0 spiro atoms. The molecule has 1 fully saturated rings. The van der Waals surface area contributed by atoms with Crippen molar-refractivity contribution in [3.05, 3.63) is 40.8 Å². The fourth-order valence-electron chi connectivity index (χ4n) is 5.05. The van der Waals surface area contributed by atoms with Crippen LogP contribution >= 0.6 is 0 Å². The highest BCUT2D eigenvalue weighted by molar-refractivity contribution is 7.91. The Bertz CT molecular complexity index is 1050. The Hall–Kier alpha value is -2.59. The highest BCUT2D eigenvalue weighted by Gasteiger charge is 2.34. The van der Waals surface area contributed by atoms with Crippen molar-refractivity contribution in [2.45, 2.75) is 57.4 Å². The molecule has 2 aromatic rings. The number of ether oxygens (including phenoxy) is 1. The summed E-state index contributed by atoms with van der Waals surface area (Å²) in [5.74, 6) is 0. The number of aromatic nitrogens is 1. The molecule has 31 heavy (non-hydrogen) atoms. The van der Waals surface area contributed by atoms with Crippen LogP contribution in [0.15, 0.2) is 23.0 Å². The summed E-state index contributed by atoms with van der Waals surface area (Å²) in [6, 6.07) is 1.18. The van der Waals surface area contributed by atoms with Gasteiger partial charge in [-0.3, -0.25) is 0 Å². The van der Waals surface area contributed by atoms with Gasteiger partial charge in [0.15, 0.2) is 0 Å². The van der Waals surface area contributed by atoms with E-state index in [1.54, 1.807) is 0 Å². The van der Waals surface area contributed by atoms with Gasteiger partial charge in [-0.1, -0.05) is 11.2 Å². The number of fused-ring (bicyclic) bond motifs is 2. The predicted octanol–water partition coefficient (Wildman–Crippen LogP) is 2.70. The van der Waals surface area contributed by atoms with Crippen LogP contribution in [0.4, 0.5) is 16.2 Å². The molecule has 3 aliphatic rings. The molecule has 1 saturated heterocycles. The van der Waals surface area contributed by atoms with Crippen LogP contribution in [-0.2, 0) is 40.6 Å². The number of nitrogens with one attached hydrogen (secondary N) is 2. The summed E-state index contributed by atoms with van der Waals surface area (Å²) in [6.07, 6.45) is 9.56. The number of rotatable bonds is 5. The molecule has 0 saturated carbocycles. The maximum Gasteiger partial charge on any atom is 0.334 e. The minimum absolute atomic E-state index is 0.286. The number of aryl methyl sites for hydroxylation is 2. The Balaban J connectivity index is 1.40. The van der Waals surface area contributed by atoms with Gasteiger partial charge < -0.3 is 14.6 Å². The van der Waals surface area contributed by atoms with Crippen LogP contribution in [0.1, 0.15) is 47.9 Å². The van der Waals surface area contributed by atoms with Crippen molar-refractivity contribution in [3.8, 4) is 0 Å². The summed E-state index contributed by atoms with van der Waals surface area (Å²) in [7, 11) is -4.18. The summed E-state index contributed by atoms with van der Waals surface area (Å²) in [5, 5.41) is 6.52. The Kier molecular flexibility index (Phi) is 5.35. The van der Waals surface area contributed by atoms with Gasteiger partial charge in [-0.05, 0) is 73.6 Å². The van der Waals surface area contributed by atoms with Crippen LogP contribution in [0.3, 0.4) is 0 Å². The number of carbonyl (C=O) groups excluding carboxylic acids is 1. The molecule has 0 unspecified atom stereocenters. The van der Waals surface area contributed by atoms with Crippen LogP contribution in [0.2, 0.25) is 0 Å². The van der Waals surface area contributed by atoms with Crippen LogP contribution < -0.4 is 14.3 Å². The molecule has 166 valence electrons. The predicted molar refractivity (Wildman–Crippen MR) is 114 cm³/mol. The molecular weight excluding hydrogens is 420 g/mol. The number of amides is 2. The van der Waals surface area contributed by atoms with Gasteiger partial charge in [-0.25, -0.2) is 13.8 Å². The van der Waals surface area contributed by atoms with Crippen molar-refractivity contribution >= 4 is 27.6 Å². The second-order valence-electron chi connectivity index (χ2n) is 8.32. The molecule has 0 bridgehead atoms.